The minimum Gasteiger partial charge on any atom is -0.394 e. The quantitative estimate of drug-likeness (QED) is 0.554. The molecule has 3 aliphatic heterocycles. The summed E-state index contributed by atoms with van der Waals surface area (Å²) in [5, 5.41) is 39.1. The van der Waals surface area contributed by atoms with Gasteiger partial charge in [-0.05, 0) is 46.0 Å². The molecule has 4 N–H and O–H groups in total. The van der Waals surface area contributed by atoms with Crippen molar-refractivity contribution in [3.05, 3.63) is 0 Å². The number of aliphatic hydroxyl groups excluding tert-OH is 4. The number of rotatable bonds is 3. The van der Waals surface area contributed by atoms with Crippen LogP contribution in [0, 0.1) is 5.92 Å². The third-order valence-electron chi connectivity index (χ3n) is 5.80. The van der Waals surface area contributed by atoms with Crippen LogP contribution >= 0.6 is 0 Å². The maximum absolute atomic E-state index is 10.1. The van der Waals surface area contributed by atoms with E-state index in [1.54, 1.807) is 0 Å². The summed E-state index contributed by atoms with van der Waals surface area (Å²) in [6.07, 6.45) is -3.76. The summed E-state index contributed by atoms with van der Waals surface area (Å²) in [7, 11) is 0. The zero-order valence-corrected chi connectivity index (χ0v) is 13.9. The second-order valence-electron chi connectivity index (χ2n) is 7.81. The molecule has 1 saturated carbocycles. The van der Waals surface area contributed by atoms with Gasteiger partial charge in [0.25, 0.3) is 0 Å². The average Bonchev–Trinajstić information content (AvgIpc) is 2.48. The first-order valence-corrected chi connectivity index (χ1v) is 8.34. The highest BCUT2D eigenvalue weighted by molar-refractivity contribution is 5.04. The van der Waals surface area contributed by atoms with Crippen LogP contribution in [-0.2, 0) is 14.2 Å². The van der Waals surface area contributed by atoms with Crippen molar-refractivity contribution in [1.82, 2.24) is 0 Å². The molecule has 0 aromatic rings. The molecule has 23 heavy (non-hydrogen) atoms. The third-order valence-corrected chi connectivity index (χ3v) is 5.80. The van der Waals surface area contributed by atoms with Gasteiger partial charge in [0.05, 0.1) is 23.9 Å². The van der Waals surface area contributed by atoms with Crippen LogP contribution in [0.4, 0.5) is 0 Å². The Morgan fingerprint density at radius 2 is 1.78 bits per heavy atom. The number of hydrogen-bond acceptors (Lipinski definition) is 7. The lowest BCUT2D eigenvalue weighted by Crippen LogP contribution is -2.65. The van der Waals surface area contributed by atoms with Gasteiger partial charge in [-0.2, -0.15) is 0 Å². The molecular weight excluding hydrogens is 304 g/mol. The summed E-state index contributed by atoms with van der Waals surface area (Å²) in [4.78, 5) is 0. The molecule has 4 rings (SSSR count). The first-order chi connectivity index (χ1) is 10.7. The predicted molar refractivity (Wildman–Crippen MR) is 79.6 cm³/mol. The minimum absolute atomic E-state index is 0.206. The molecule has 3 heterocycles. The molecule has 0 amide bonds. The van der Waals surface area contributed by atoms with E-state index in [9.17, 15) is 20.4 Å². The van der Waals surface area contributed by atoms with Crippen molar-refractivity contribution < 1.29 is 34.6 Å². The van der Waals surface area contributed by atoms with E-state index in [2.05, 4.69) is 13.8 Å². The fourth-order valence-electron chi connectivity index (χ4n) is 4.22. The Kier molecular flexibility index (Phi) is 4.51. The summed E-state index contributed by atoms with van der Waals surface area (Å²) in [6, 6.07) is 0. The average molecular weight is 332 g/mol. The fraction of sp³-hybridized carbons (Fsp3) is 1.00. The lowest BCUT2D eigenvalue weighted by Gasteiger charge is -2.58. The lowest BCUT2D eigenvalue weighted by molar-refractivity contribution is -0.353. The van der Waals surface area contributed by atoms with Crippen LogP contribution in [0.25, 0.3) is 0 Å². The lowest BCUT2D eigenvalue weighted by atomic mass is 9.67. The predicted octanol–water partition coefficient (Wildman–Crippen LogP) is -0.461. The molecule has 0 aromatic carbocycles. The highest BCUT2D eigenvalue weighted by Crippen LogP contribution is 2.51. The van der Waals surface area contributed by atoms with Gasteiger partial charge in [0.2, 0.25) is 0 Å². The molecule has 0 spiro atoms. The van der Waals surface area contributed by atoms with E-state index in [0.717, 1.165) is 19.3 Å². The van der Waals surface area contributed by atoms with Crippen LogP contribution in [0.15, 0.2) is 0 Å². The van der Waals surface area contributed by atoms with Gasteiger partial charge in [0, 0.05) is 0 Å². The van der Waals surface area contributed by atoms with Crippen molar-refractivity contribution in [2.24, 2.45) is 5.92 Å². The van der Waals surface area contributed by atoms with E-state index in [4.69, 9.17) is 14.2 Å². The van der Waals surface area contributed by atoms with Gasteiger partial charge >= 0.3 is 0 Å². The zero-order valence-electron chi connectivity index (χ0n) is 13.9. The Morgan fingerprint density at radius 3 is 2.35 bits per heavy atom. The van der Waals surface area contributed by atoms with Crippen LogP contribution in [0.5, 0.6) is 0 Å². The maximum Gasteiger partial charge on any atom is 0.187 e. The minimum atomic E-state index is -1.42. The SMILES string of the molecule is CC1(C)O[C@]2(C)CC[C@H]1C[C@@H]2O[C@@H]1O[C@H](CO)[C@@H](O)[C@H](O)[C@H]1O. The molecule has 7 nitrogen and oxygen atoms in total. The first kappa shape index (κ1) is 17.5. The normalized spacial score (nSPS) is 52.6. The Hall–Kier alpha value is -0.280. The summed E-state index contributed by atoms with van der Waals surface area (Å²) in [5.74, 6) is 0.360. The molecule has 3 saturated heterocycles. The standard InChI is InChI=1S/C16H28O7/c1-15(2)8-4-5-16(3,23-15)10(6-8)22-14-13(20)12(19)11(18)9(7-17)21-14/h8-14,17-20H,4-7H2,1-3H3/t8-,9+,10-,11+,12-,13+,14-,16+/m0/s1. The van der Waals surface area contributed by atoms with Crippen molar-refractivity contribution in [3.63, 3.8) is 0 Å². The van der Waals surface area contributed by atoms with Crippen molar-refractivity contribution in [2.75, 3.05) is 6.61 Å². The monoisotopic (exact) mass is 332 g/mol. The van der Waals surface area contributed by atoms with Crippen LogP contribution < -0.4 is 0 Å². The van der Waals surface area contributed by atoms with Crippen LogP contribution in [0.3, 0.4) is 0 Å². The van der Waals surface area contributed by atoms with E-state index in [0.29, 0.717) is 5.92 Å². The van der Waals surface area contributed by atoms with Crippen molar-refractivity contribution >= 4 is 0 Å². The van der Waals surface area contributed by atoms with Crippen molar-refractivity contribution in [1.29, 1.82) is 0 Å². The molecule has 0 radical (unpaired) electrons. The van der Waals surface area contributed by atoms with Crippen molar-refractivity contribution in [3.8, 4) is 0 Å². The fourth-order valence-corrected chi connectivity index (χ4v) is 4.22. The molecule has 0 aromatic heterocycles. The molecule has 7 heteroatoms. The van der Waals surface area contributed by atoms with Gasteiger partial charge < -0.3 is 34.6 Å². The number of aliphatic hydroxyl groups is 4. The van der Waals surface area contributed by atoms with Crippen LogP contribution in [0.2, 0.25) is 0 Å². The Labute approximate surface area is 136 Å². The summed E-state index contributed by atoms with van der Waals surface area (Å²) in [6.45, 7) is 5.70. The zero-order chi connectivity index (χ0) is 17.0. The topological polar surface area (TPSA) is 109 Å². The van der Waals surface area contributed by atoms with Gasteiger partial charge in [-0.3, -0.25) is 0 Å². The third kappa shape index (κ3) is 2.93. The Bertz CT molecular complexity index is 440. The number of fused-ring (bicyclic) bond motifs is 3. The molecule has 4 aliphatic rings. The summed E-state index contributed by atoms with van der Waals surface area (Å²) in [5.41, 5.74) is -0.681. The Balaban J connectivity index is 1.72. The summed E-state index contributed by atoms with van der Waals surface area (Å²) < 4.78 is 17.6. The first-order valence-electron chi connectivity index (χ1n) is 8.34. The second kappa shape index (κ2) is 5.91. The molecule has 1 aliphatic carbocycles. The van der Waals surface area contributed by atoms with E-state index in [1.165, 1.54) is 0 Å². The van der Waals surface area contributed by atoms with Crippen LogP contribution in [-0.4, -0.2) is 75.0 Å². The highest BCUT2D eigenvalue weighted by Gasteiger charge is 2.56. The van der Waals surface area contributed by atoms with E-state index < -0.39 is 42.9 Å². The molecule has 4 fully saturated rings. The van der Waals surface area contributed by atoms with E-state index >= 15 is 0 Å². The largest absolute Gasteiger partial charge is 0.394 e. The summed E-state index contributed by atoms with van der Waals surface area (Å²) >= 11 is 0. The van der Waals surface area contributed by atoms with Gasteiger partial charge in [0.15, 0.2) is 6.29 Å². The molecule has 2 bridgehead atoms. The second-order valence-corrected chi connectivity index (χ2v) is 7.81. The molecule has 134 valence electrons. The van der Waals surface area contributed by atoms with Gasteiger partial charge in [-0.15, -0.1) is 0 Å². The number of hydrogen-bond donors (Lipinski definition) is 4. The van der Waals surface area contributed by atoms with Crippen LogP contribution in [0.1, 0.15) is 40.0 Å². The smallest absolute Gasteiger partial charge is 0.187 e. The van der Waals surface area contributed by atoms with Gasteiger partial charge in [-0.25, -0.2) is 0 Å². The van der Waals surface area contributed by atoms with E-state index in [-0.39, 0.29) is 11.7 Å². The van der Waals surface area contributed by atoms with Gasteiger partial charge in [-0.1, -0.05) is 0 Å². The molecular formula is C16H28O7. The van der Waals surface area contributed by atoms with Crippen molar-refractivity contribution in [2.45, 2.75) is 88.0 Å². The highest BCUT2D eigenvalue weighted by atomic mass is 16.7. The molecule has 8 atom stereocenters. The number of ether oxygens (including phenoxy) is 3. The van der Waals surface area contributed by atoms with E-state index in [1.807, 2.05) is 6.92 Å². The Morgan fingerprint density at radius 1 is 1.09 bits per heavy atom. The molecule has 0 unspecified atom stereocenters. The van der Waals surface area contributed by atoms with Gasteiger partial charge in [0.1, 0.15) is 24.4 Å². The maximum atomic E-state index is 10.1.